The van der Waals surface area contributed by atoms with Crippen LogP contribution in [0.1, 0.15) is 24.3 Å². The van der Waals surface area contributed by atoms with Gasteiger partial charge < -0.3 is 16.4 Å². The van der Waals surface area contributed by atoms with E-state index in [1.54, 1.807) is 30.5 Å². The number of aliphatic imine (C=N–C) groups is 1. The van der Waals surface area contributed by atoms with Gasteiger partial charge in [0.15, 0.2) is 5.96 Å². The third-order valence-electron chi connectivity index (χ3n) is 4.42. The molecule has 2 aromatic rings. The van der Waals surface area contributed by atoms with Crippen LogP contribution in [0, 0.1) is 11.7 Å². The van der Waals surface area contributed by atoms with Crippen molar-refractivity contribution in [3.05, 3.63) is 58.0 Å². The molecule has 1 heterocycles. The number of thiophene rings is 1. The van der Waals surface area contributed by atoms with Gasteiger partial charge in [-0.25, -0.2) is 4.39 Å². The molecular formula is C20H27FN4OS. The van der Waals surface area contributed by atoms with Crippen LogP contribution in [0.4, 0.5) is 4.39 Å². The molecular weight excluding hydrogens is 363 g/mol. The van der Waals surface area contributed by atoms with Crippen LogP contribution in [0.25, 0.3) is 0 Å². The van der Waals surface area contributed by atoms with Crippen molar-refractivity contribution < 1.29 is 9.18 Å². The minimum atomic E-state index is -0.417. The Bertz CT molecular complexity index is 757. The average molecular weight is 391 g/mol. The number of rotatable bonds is 8. The van der Waals surface area contributed by atoms with Gasteiger partial charge in [-0.15, -0.1) is 11.3 Å². The standard InChI is InChI=1S/C20H27FN4OS/c1-20(2,17-5-4-10-27-17)13-25-19(23-3)24-12-15(18(22)26)11-14-6-8-16(21)9-7-14/h4-10,15H,11-13H2,1-3H3,(H2,22,26)(H2,23,24,25). The van der Waals surface area contributed by atoms with Crippen LogP contribution in [0.2, 0.25) is 0 Å². The quantitative estimate of drug-likeness (QED) is 0.479. The maximum absolute atomic E-state index is 13.0. The van der Waals surface area contributed by atoms with Gasteiger partial charge in [0.2, 0.25) is 5.91 Å². The SMILES string of the molecule is CN=C(NCC(Cc1ccc(F)cc1)C(N)=O)NCC(C)(C)c1cccs1. The molecule has 0 aliphatic heterocycles. The molecule has 1 aromatic carbocycles. The average Bonchev–Trinajstić information content (AvgIpc) is 3.18. The van der Waals surface area contributed by atoms with Crippen molar-refractivity contribution >= 4 is 23.2 Å². The van der Waals surface area contributed by atoms with Crippen molar-refractivity contribution in [3.8, 4) is 0 Å². The number of carbonyl (C=O) groups is 1. The van der Waals surface area contributed by atoms with E-state index in [2.05, 4.69) is 40.9 Å². The number of primary amides is 1. The fourth-order valence-electron chi connectivity index (χ4n) is 2.67. The van der Waals surface area contributed by atoms with E-state index in [4.69, 9.17) is 5.73 Å². The summed E-state index contributed by atoms with van der Waals surface area (Å²) in [5.74, 6) is -0.504. The summed E-state index contributed by atoms with van der Waals surface area (Å²) in [7, 11) is 1.69. The number of halogens is 1. The lowest BCUT2D eigenvalue weighted by atomic mass is 9.91. The number of benzene rings is 1. The fourth-order valence-corrected chi connectivity index (χ4v) is 3.53. The first-order valence-corrected chi connectivity index (χ1v) is 9.72. The zero-order valence-electron chi connectivity index (χ0n) is 16.0. The Morgan fingerprint density at radius 3 is 2.52 bits per heavy atom. The molecule has 0 bridgehead atoms. The van der Waals surface area contributed by atoms with Crippen molar-refractivity contribution in [2.75, 3.05) is 20.1 Å². The molecule has 0 aliphatic carbocycles. The van der Waals surface area contributed by atoms with Crippen molar-refractivity contribution in [1.29, 1.82) is 0 Å². The Balaban J connectivity index is 1.90. The summed E-state index contributed by atoms with van der Waals surface area (Å²) in [5, 5.41) is 8.54. The van der Waals surface area contributed by atoms with Gasteiger partial charge in [0.05, 0.1) is 5.92 Å². The minimum absolute atomic E-state index is 0.0387. The smallest absolute Gasteiger partial charge is 0.222 e. The van der Waals surface area contributed by atoms with Crippen molar-refractivity contribution in [1.82, 2.24) is 10.6 Å². The lowest BCUT2D eigenvalue weighted by Crippen LogP contribution is -2.46. The molecule has 0 saturated heterocycles. The van der Waals surface area contributed by atoms with Crippen molar-refractivity contribution in [2.24, 2.45) is 16.6 Å². The highest BCUT2D eigenvalue weighted by molar-refractivity contribution is 7.10. The van der Waals surface area contributed by atoms with Crippen LogP contribution in [0.3, 0.4) is 0 Å². The molecule has 0 radical (unpaired) electrons. The summed E-state index contributed by atoms with van der Waals surface area (Å²) < 4.78 is 13.0. The number of carbonyl (C=O) groups excluding carboxylic acids is 1. The molecule has 2 rings (SSSR count). The molecule has 0 aliphatic rings. The van der Waals surface area contributed by atoms with Gasteiger partial charge in [-0.1, -0.05) is 32.0 Å². The summed E-state index contributed by atoms with van der Waals surface area (Å²) in [6.07, 6.45) is 0.445. The van der Waals surface area contributed by atoms with E-state index in [1.165, 1.54) is 17.0 Å². The Morgan fingerprint density at radius 2 is 1.96 bits per heavy atom. The first-order chi connectivity index (χ1) is 12.8. The van der Waals surface area contributed by atoms with Gasteiger partial charge >= 0.3 is 0 Å². The zero-order chi connectivity index (χ0) is 19.9. The highest BCUT2D eigenvalue weighted by atomic mass is 32.1. The molecule has 27 heavy (non-hydrogen) atoms. The second-order valence-corrected chi connectivity index (χ2v) is 8.05. The van der Waals surface area contributed by atoms with E-state index in [9.17, 15) is 9.18 Å². The Labute approximate surface area is 163 Å². The van der Waals surface area contributed by atoms with Gasteiger partial charge in [-0.05, 0) is 35.6 Å². The third kappa shape index (κ3) is 6.36. The summed E-state index contributed by atoms with van der Waals surface area (Å²) in [6, 6.07) is 10.3. The Hall–Kier alpha value is -2.41. The number of guanidine groups is 1. The summed E-state index contributed by atoms with van der Waals surface area (Å²) in [6.45, 7) is 5.39. The molecule has 5 nitrogen and oxygen atoms in total. The molecule has 1 aromatic heterocycles. The first kappa shape index (κ1) is 20.9. The van der Waals surface area contributed by atoms with Crippen LogP contribution >= 0.6 is 11.3 Å². The van der Waals surface area contributed by atoms with E-state index >= 15 is 0 Å². The summed E-state index contributed by atoms with van der Waals surface area (Å²) in [5.41, 5.74) is 6.36. The summed E-state index contributed by atoms with van der Waals surface area (Å²) >= 11 is 1.73. The number of nitrogens with one attached hydrogen (secondary N) is 2. The molecule has 1 atom stereocenters. The predicted molar refractivity (Wildman–Crippen MR) is 109 cm³/mol. The maximum Gasteiger partial charge on any atom is 0.222 e. The molecule has 1 amide bonds. The van der Waals surface area contributed by atoms with Gasteiger partial charge in [-0.3, -0.25) is 9.79 Å². The maximum atomic E-state index is 13.0. The van der Waals surface area contributed by atoms with Crippen molar-refractivity contribution in [2.45, 2.75) is 25.7 Å². The van der Waals surface area contributed by atoms with Crippen LogP contribution in [-0.2, 0) is 16.6 Å². The Kier molecular flexibility index (Phi) is 7.36. The van der Waals surface area contributed by atoms with E-state index in [0.717, 1.165) is 5.56 Å². The monoisotopic (exact) mass is 390 g/mol. The highest BCUT2D eigenvalue weighted by Gasteiger charge is 2.22. The number of hydrogen-bond donors (Lipinski definition) is 3. The van der Waals surface area contributed by atoms with Crippen molar-refractivity contribution in [3.63, 3.8) is 0 Å². The number of amides is 1. The molecule has 1 unspecified atom stereocenters. The highest BCUT2D eigenvalue weighted by Crippen LogP contribution is 2.26. The minimum Gasteiger partial charge on any atom is -0.369 e. The lowest BCUT2D eigenvalue weighted by Gasteiger charge is -2.25. The molecule has 0 spiro atoms. The second kappa shape index (κ2) is 9.50. The molecule has 146 valence electrons. The second-order valence-electron chi connectivity index (χ2n) is 7.10. The van der Waals surface area contributed by atoms with Crippen LogP contribution in [-0.4, -0.2) is 32.0 Å². The predicted octanol–water partition coefficient (Wildman–Crippen LogP) is 2.67. The normalized spacial score (nSPS) is 13.3. The number of nitrogens with two attached hydrogens (primary N) is 1. The molecule has 7 heteroatoms. The largest absolute Gasteiger partial charge is 0.369 e. The Morgan fingerprint density at radius 1 is 1.26 bits per heavy atom. The first-order valence-electron chi connectivity index (χ1n) is 8.84. The molecule has 0 fully saturated rings. The number of nitrogens with zero attached hydrogens (tertiary/aromatic N) is 1. The number of hydrogen-bond acceptors (Lipinski definition) is 3. The van der Waals surface area contributed by atoms with E-state index in [0.29, 0.717) is 25.5 Å². The van der Waals surface area contributed by atoms with Crippen LogP contribution in [0.15, 0.2) is 46.8 Å². The van der Waals surface area contributed by atoms with E-state index < -0.39 is 11.8 Å². The zero-order valence-corrected chi connectivity index (χ0v) is 16.8. The van der Waals surface area contributed by atoms with Gasteiger partial charge in [-0.2, -0.15) is 0 Å². The van der Waals surface area contributed by atoms with Gasteiger partial charge in [0, 0.05) is 30.4 Å². The van der Waals surface area contributed by atoms with Crippen LogP contribution < -0.4 is 16.4 Å². The molecule has 4 N–H and O–H groups in total. The van der Waals surface area contributed by atoms with E-state index in [-0.39, 0.29) is 11.2 Å². The fraction of sp³-hybridized carbons (Fsp3) is 0.400. The topological polar surface area (TPSA) is 79.5 Å². The van der Waals surface area contributed by atoms with E-state index in [1.807, 2.05) is 6.07 Å². The molecule has 0 saturated carbocycles. The lowest BCUT2D eigenvalue weighted by molar-refractivity contribution is -0.121. The summed E-state index contributed by atoms with van der Waals surface area (Å²) in [4.78, 5) is 17.3. The van der Waals surface area contributed by atoms with Crippen LogP contribution in [0.5, 0.6) is 0 Å². The van der Waals surface area contributed by atoms with Gasteiger partial charge in [0.1, 0.15) is 5.82 Å². The van der Waals surface area contributed by atoms with Gasteiger partial charge in [0.25, 0.3) is 0 Å². The third-order valence-corrected chi connectivity index (χ3v) is 5.66.